The molecule has 29 heavy (non-hydrogen) atoms. The van der Waals surface area contributed by atoms with Crippen molar-refractivity contribution in [3.63, 3.8) is 0 Å². The smallest absolute Gasteiger partial charge is 0.307 e. The molecule has 0 aliphatic carbocycles. The second-order valence-electron chi connectivity index (χ2n) is 6.68. The highest BCUT2D eigenvalue weighted by atomic mass is 35.5. The molecule has 1 N–H and O–H groups in total. The number of hydrogen-bond donors (Lipinski definition) is 1. The van der Waals surface area contributed by atoms with E-state index in [1.54, 1.807) is 16.9 Å². The van der Waals surface area contributed by atoms with Crippen LogP contribution in [0.25, 0.3) is 0 Å². The Labute approximate surface area is 170 Å². The molecular formula is C19H19ClF3N5O. The molecule has 0 aliphatic heterocycles. The lowest BCUT2D eigenvalue weighted by molar-refractivity contribution is -0.141. The molecule has 0 saturated carbocycles. The van der Waals surface area contributed by atoms with Gasteiger partial charge in [0, 0.05) is 12.3 Å². The minimum absolute atomic E-state index is 0.0618. The van der Waals surface area contributed by atoms with Crippen molar-refractivity contribution >= 4 is 23.3 Å². The summed E-state index contributed by atoms with van der Waals surface area (Å²) < 4.78 is 41.6. The van der Waals surface area contributed by atoms with Gasteiger partial charge in [-0.2, -0.15) is 23.4 Å². The van der Waals surface area contributed by atoms with E-state index < -0.39 is 28.8 Å². The van der Waals surface area contributed by atoms with Crippen LogP contribution in [0, 0.1) is 13.8 Å². The van der Waals surface area contributed by atoms with Crippen molar-refractivity contribution < 1.29 is 18.0 Å². The van der Waals surface area contributed by atoms with E-state index in [9.17, 15) is 18.0 Å². The number of anilines is 1. The van der Waals surface area contributed by atoms with Crippen LogP contribution in [0.1, 0.15) is 35.5 Å². The van der Waals surface area contributed by atoms with E-state index in [-0.39, 0.29) is 5.69 Å². The topological polar surface area (TPSA) is 64.7 Å². The third-order valence-electron chi connectivity index (χ3n) is 4.58. The summed E-state index contributed by atoms with van der Waals surface area (Å²) in [6, 6.07) is 8.47. The largest absolute Gasteiger partial charge is 0.436 e. The Morgan fingerprint density at radius 2 is 1.90 bits per heavy atom. The summed E-state index contributed by atoms with van der Waals surface area (Å²) in [6.07, 6.45) is -2.98. The van der Waals surface area contributed by atoms with Gasteiger partial charge in [0.25, 0.3) is 0 Å². The highest BCUT2D eigenvalue weighted by Crippen LogP contribution is 2.36. The fourth-order valence-corrected chi connectivity index (χ4v) is 3.11. The van der Waals surface area contributed by atoms with Crippen LogP contribution < -0.4 is 5.32 Å². The van der Waals surface area contributed by atoms with Crippen LogP contribution >= 0.6 is 11.6 Å². The second-order valence-corrected chi connectivity index (χ2v) is 7.06. The van der Waals surface area contributed by atoms with E-state index in [0.29, 0.717) is 12.4 Å². The molecule has 10 heteroatoms. The lowest BCUT2D eigenvalue weighted by atomic mass is 10.1. The van der Waals surface area contributed by atoms with Crippen molar-refractivity contribution in [2.75, 3.05) is 5.32 Å². The number of carbonyl (C=O) groups excluding carboxylic acids is 1. The number of nitrogens with zero attached hydrogens (tertiary/aromatic N) is 4. The van der Waals surface area contributed by atoms with Crippen LogP contribution in [0.3, 0.4) is 0 Å². The predicted molar refractivity (Wildman–Crippen MR) is 103 cm³/mol. The molecule has 2 aromatic heterocycles. The molecule has 1 aromatic carbocycles. The number of aryl methyl sites for hydroxylation is 1. The van der Waals surface area contributed by atoms with Crippen LogP contribution in [0.4, 0.5) is 19.0 Å². The van der Waals surface area contributed by atoms with Crippen LogP contribution in [0.5, 0.6) is 0 Å². The van der Waals surface area contributed by atoms with Gasteiger partial charge < -0.3 is 5.32 Å². The number of aromatic nitrogens is 4. The molecular weight excluding hydrogens is 407 g/mol. The standard InChI is InChI=1S/C19H19ClF3N5O/c1-11-6-4-5-7-14(11)10-27-9-8-15(25-27)24-18(29)13(3)28-12(2)16(20)17(26-28)19(21,22)23/h4-9,13H,10H2,1-3H3,(H,24,25,29). The normalized spacial score (nSPS) is 12.8. The Hall–Kier alpha value is -2.81. The highest BCUT2D eigenvalue weighted by molar-refractivity contribution is 6.32. The van der Waals surface area contributed by atoms with Crippen molar-refractivity contribution in [3.8, 4) is 0 Å². The van der Waals surface area contributed by atoms with E-state index in [0.717, 1.165) is 15.8 Å². The van der Waals surface area contributed by atoms with Gasteiger partial charge in [-0.25, -0.2) is 0 Å². The fourth-order valence-electron chi connectivity index (χ4n) is 2.88. The van der Waals surface area contributed by atoms with E-state index in [1.165, 1.54) is 13.8 Å². The quantitative estimate of drug-likeness (QED) is 0.649. The van der Waals surface area contributed by atoms with Crippen molar-refractivity contribution in [1.82, 2.24) is 19.6 Å². The van der Waals surface area contributed by atoms with E-state index in [1.807, 2.05) is 31.2 Å². The third kappa shape index (κ3) is 4.45. The Morgan fingerprint density at radius 3 is 2.52 bits per heavy atom. The molecule has 0 radical (unpaired) electrons. The Bertz CT molecular complexity index is 1040. The predicted octanol–water partition coefficient (Wildman–Crippen LogP) is 4.62. The maximum absolute atomic E-state index is 13.0. The summed E-state index contributed by atoms with van der Waals surface area (Å²) in [5.41, 5.74) is 1.06. The van der Waals surface area contributed by atoms with Gasteiger partial charge in [-0.1, -0.05) is 35.9 Å². The van der Waals surface area contributed by atoms with Gasteiger partial charge >= 0.3 is 6.18 Å². The molecule has 0 fully saturated rings. The SMILES string of the molecule is Cc1ccccc1Cn1ccc(NC(=O)C(C)n2nc(C(F)(F)F)c(Cl)c2C)n1. The molecule has 6 nitrogen and oxygen atoms in total. The van der Waals surface area contributed by atoms with Gasteiger partial charge in [-0.05, 0) is 31.9 Å². The first-order valence-electron chi connectivity index (χ1n) is 8.78. The minimum atomic E-state index is -4.70. The molecule has 2 heterocycles. The van der Waals surface area contributed by atoms with E-state index in [2.05, 4.69) is 15.5 Å². The molecule has 0 spiro atoms. The van der Waals surface area contributed by atoms with Gasteiger partial charge in [-0.3, -0.25) is 14.2 Å². The summed E-state index contributed by atoms with van der Waals surface area (Å²) in [5, 5.41) is 9.87. The van der Waals surface area contributed by atoms with E-state index >= 15 is 0 Å². The van der Waals surface area contributed by atoms with E-state index in [4.69, 9.17) is 11.6 Å². The molecule has 1 unspecified atom stereocenters. The lowest BCUT2D eigenvalue weighted by Crippen LogP contribution is -2.26. The maximum Gasteiger partial charge on any atom is 0.436 e. The molecule has 1 atom stereocenters. The zero-order valence-corrected chi connectivity index (χ0v) is 16.7. The number of halogens is 4. The summed E-state index contributed by atoms with van der Waals surface area (Å²) in [5.74, 6) is -0.260. The maximum atomic E-state index is 13.0. The number of carbonyl (C=O) groups is 1. The van der Waals surface area contributed by atoms with Crippen molar-refractivity contribution in [1.29, 1.82) is 0 Å². The van der Waals surface area contributed by atoms with Gasteiger partial charge in [-0.15, -0.1) is 0 Å². The Balaban J connectivity index is 1.73. The molecule has 0 bridgehead atoms. The zero-order valence-electron chi connectivity index (χ0n) is 16.0. The molecule has 1 amide bonds. The third-order valence-corrected chi connectivity index (χ3v) is 5.03. The summed E-state index contributed by atoms with van der Waals surface area (Å²) in [7, 11) is 0. The fraction of sp³-hybridized carbons (Fsp3) is 0.316. The number of rotatable bonds is 5. The summed E-state index contributed by atoms with van der Waals surface area (Å²) in [4.78, 5) is 12.5. The highest BCUT2D eigenvalue weighted by Gasteiger charge is 2.39. The van der Waals surface area contributed by atoms with Crippen LogP contribution in [0.2, 0.25) is 5.02 Å². The van der Waals surface area contributed by atoms with Gasteiger partial charge in [0.05, 0.1) is 17.3 Å². The lowest BCUT2D eigenvalue weighted by Gasteiger charge is -2.13. The Morgan fingerprint density at radius 1 is 1.21 bits per heavy atom. The second kappa shape index (κ2) is 7.90. The summed E-state index contributed by atoms with van der Waals surface area (Å²) in [6.45, 7) is 5.35. The molecule has 0 aliphatic rings. The zero-order chi connectivity index (χ0) is 21.3. The molecule has 0 saturated heterocycles. The van der Waals surface area contributed by atoms with Crippen molar-refractivity contribution in [2.45, 2.75) is 39.5 Å². The first-order valence-corrected chi connectivity index (χ1v) is 9.16. The molecule has 3 aromatic rings. The first-order chi connectivity index (χ1) is 13.6. The van der Waals surface area contributed by atoms with Crippen LogP contribution in [0.15, 0.2) is 36.5 Å². The number of hydrogen-bond acceptors (Lipinski definition) is 3. The van der Waals surface area contributed by atoms with Crippen LogP contribution in [-0.4, -0.2) is 25.5 Å². The first kappa shape index (κ1) is 20.9. The van der Waals surface area contributed by atoms with Crippen LogP contribution in [-0.2, 0) is 17.5 Å². The van der Waals surface area contributed by atoms with Gasteiger partial charge in [0.2, 0.25) is 5.91 Å². The number of nitrogens with one attached hydrogen (secondary N) is 1. The average Bonchev–Trinajstić information content (AvgIpc) is 3.21. The van der Waals surface area contributed by atoms with Gasteiger partial charge in [0.15, 0.2) is 11.5 Å². The van der Waals surface area contributed by atoms with Crippen molar-refractivity contribution in [2.24, 2.45) is 0 Å². The van der Waals surface area contributed by atoms with Crippen molar-refractivity contribution in [3.05, 3.63) is 64.1 Å². The molecule has 154 valence electrons. The van der Waals surface area contributed by atoms with Gasteiger partial charge in [0.1, 0.15) is 6.04 Å². The molecule has 3 rings (SSSR count). The Kier molecular flexibility index (Phi) is 5.70. The number of benzene rings is 1. The number of alkyl halides is 3. The monoisotopic (exact) mass is 425 g/mol. The minimum Gasteiger partial charge on any atom is -0.307 e. The number of amides is 1. The summed E-state index contributed by atoms with van der Waals surface area (Å²) >= 11 is 5.75. The average molecular weight is 426 g/mol.